The molecule has 0 saturated heterocycles. The lowest BCUT2D eigenvalue weighted by Crippen LogP contribution is -1.91. The SMILES string of the molecule is N#Cc1cc(-c2cc(C=O)cc(-c3cc(C#N)cc4c3[nH]c3ccccc34)c2)c2[nH]c3ccccc3c2c1. The van der Waals surface area contributed by atoms with Crippen LogP contribution in [0.4, 0.5) is 0 Å². The van der Waals surface area contributed by atoms with E-state index in [2.05, 4.69) is 22.1 Å². The third-order valence-electron chi connectivity index (χ3n) is 7.20. The number of carbonyl (C=O) groups is 1. The van der Waals surface area contributed by atoms with Crippen LogP contribution in [0.15, 0.2) is 91.0 Å². The number of carbonyl (C=O) groups excluding carboxylic acids is 1. The number of aldehydes is 1. The fourth-order valence-electron chi connectivity index (χ4n) is 5.52. The minimum absolute atomic E-state index is 0.510. The van der Waals surface area contributed by atoms with Gasteiger partial charge in [0.05, 0.1) is 34.3 Å². The van der Waals surface area contributed by atoms with Gasteiger partial charge in [-0.2, -0.15) is 10.5 Å². The van der Waals surface area contributed by atoms with E-state index >= 15 is 0 Å². The fourth-order valence-corrected chi connectivity index (χ4v) is 5.52. The quantitative estimate of drug-likeness (QED) is 0.249. The summed E-state index contributed by atoms with van der Waals surface area (Å²) in [5, 5.41) is 23.6. The first kappa shape index (κ1) is 21.6. The highest BCUT2D eigenvalue weighted by atomic mass is 16.1. The zero-order valence-corrected chi connectivity index (χ0v) is 20.0. The van der Waals surface area contributed by atoms with Crippen molar-refractivity contribution in [3.8, 4) is 34.4 Å². The Morgan fingerprint density at radius 2 is 1.05 bits per heavy atom. The molecule has 0 aliphatic heterocycles. The molecule has 2 heterocycles. The van der Waals surface area contributed by atoms with Gasteiger partial charge in [-0.15, -0.1) is 0 Å². The zero-order valence-electron chi connectivity index (χ0n) is 20.0. The van der Waals surface area contributed by atoms with Crippen molar-refractivity contribution in [1.29, 1.82) is 10.5 Å². The molecule has 0 aliphatic carbocycles. The summed E-state index contributed by atoms with van der Waals surface area (Å²) in [6.07, 6.45) is 0.833. The van der Waals surface area contributed by atoms with E-state index in [1.165, 1.54) is 0 Å². The van der Waals surface area contributed by atoms with Gasteiger partial charge < -0.3 is 9.97 Å². The van der Waals surface area contributed by atoms with E-state index in [1.54, 1.807) is 0 Å². The van der Waals surface area contributed by atoms with E-state index in [1.807, 2.05) is 91.0 Å². The Hall–Kier alpha value is -5.65. The minimum atomic E-state index is 0.510. The summed E-state index contributed by atoms with van der Waals surface area (Å²) in [7, 11) is 0. The number of aromatic amines is 2. The lowest BCUT2D eigenvalue weighted by atomic mass is 9.92. The van der Waals surface area contributed by atoms with Crippen molar-refractivity contribution < 1.29 is 4.79 Å². The third kappa shape index (κ3) is 3.20. The molecule has 0 saturated carbocycles. The maximum atomic E-state index is 12.1. The Kier molecular flexibility index (Phi) is 4.66. The molecule has 0 bridgehead atoms. The number of nitriles is 2. The number of fused-ring (bicyclic) bond motifs is 6. The molecule has 0 atom stereocenters. The Labute approximate surface area is 217 Å². The predicted octanol–water partition coefficient (Wildman–Crippen LogP) is 7.85. The molecule has 38 heavy (non-hydrogen) atoms. The second-order valence-corrected chi connectivity index (χ2v) is 9.42. The van der Waals surface area contributed by atoms with E-state index in [-0.39, 0.29) is 0 Å². The number of para-hydroxylation sites is 2. The third-order valence-corrected chi connectivity index (χ3v) is 7.20. The topological polar surface area (TPSA) is 96.2 Å². The van der Waals surface area contributed by atoms with Crippen LogP contribution in [-0.2, 0) is 0 Å². The van der Waals surface area contributed by atoms with Crippen molar-refractivity contribution in [3.05, 3.63) is 108 Å². The second-order valence-electron chi connectivity index (χ2n) is 9.42. The van der Waals surface area contributed by atoms with Crippen LogP contribution in [0.3, 0.4) is 0 Å². The van der Waals surface area contributed by atoms with Crippen molar-refractivity contribution in [3.63, 3.8) is 0 Å². The molecule has 0 unspecified atom stereocenters. The molecule has 2 aromatic heterocycles. The van der Waals surface area contributed by atoms with E-state index in [4.69, 9.17) is 0 Å². The monoisotopic (exact) mass is 486 g/mol. The van der Waals surface area contributed by atoms with Gasteiger partial charge in [-0.3, -0.25) is 4.79 Å². The Balaban J connectivity index is 1.55. The van der Waals surface area contributed by atoms with Crippen LogP contribution in [0.1, 0.15) is 21.5 Å². The number of H-pyrrole nitrogens is 2. The van der Waals surface area contributed by atoms with Gasteiger partial charge in [-0.05, 0) is 65.7 Å². The van der Waals surface area contributed by atoms with Gasteiger partial charge in [0.25, 0.3) is 0 Å². The average Bonchev–Trinajstić information content (AvgIpc) is 3.54. The van der Waals surface area contributed by atoms with Gasteiger partial charge in [-0.25, -0.2) is 0 Å². The van der Waals surface area contributed by atoms with Crippen LogP contribution in [-0.4, -0.2) is 16.3 Å². The highest BCUT2D eigenvalue weighted by molar-refractivity contribution is 6.14. The average molecular weight is 487 g/mol. The number of hydrogen-bond donors (Lipinski definition) is 2. The smallest absolute Gasteiger partial charge is 0.150 e. The van der Waals surface area contributed by atoms with Crippen molar-refractivity contribution in [2.24, 2.45) is 0 Å². The summed E-state index contributed by atoms with van der Waals surface area (Å²) in [5.74, 6) is 0. The Bertz CT molecular complexity index is 2030. The molecule has 0 amide bonds. The summed E-state index contributed by atoms with van der Waals surface area (Å²) in [6.45, 7) is 0. The largest absolute Gasteiger partial charge is 0.354 e. The fraction of sp³-hybridized carbons (Fsp3) is 0. The van der Waals surface area contributed by atoms with E-state index in [9.17, 15) is 15.3 Å². The molecule has 0 fully saturated rings. The number of hydrogen-bond acceptors (Lipinski definition) is 3. The van der Waals surface area contributed by atoms with Gasteiger partial charge >= 0.3 is 0 Å². The van der Waals surface area contributed by atoms with E-state index in [0.717, 1.165) is 72.2 Å². The molecule has 7 aromatic rings. The molecular weight excluding hydrogens is 468 g/mol. The molecule has 0 radical (unpaired) electrons. The van der Waals surface area contributed by atoms with Crippen LogP contribution < -0.4 is 0 Å². The normalized spacial score (nSPS) is 11.2. The second kappa shape index (κ2) is 8.20. The van der Waals surface area contributed by atoms with Gasteiger partial charge in [0.1, 0.15) is 6.29 Å². The number of nitrogens with zero attached hydrogens (tertiary/aromatic N) is 2. The van der Waals surface area contributed by atoms with Crippen LogP contribution in [0.25, 0.3) is 65.9 Å². The molecule has 176 valence electrons. The summed E-state index contributed by atoms with van der Waals surface area (Å²) in [4.78, 5) is 19.1. The van der Waals surface area contributed by atoms with Gasteiger partial charge in [0.15, 0.2) is 0 Å². The maximum Gasteiger partial charge on any atom is 0.150 e. The Morgan fingerprint density at radius 1 is 0.579 bits per heavy atom. The van der Waals surface area contributed by atoms with Crippen LogP contribution >= 0.6 is 0 Å². The summed E-state index contributed by atoms with van der Waals surface area (Å²) in [6, 6.07) is 33.8. The molecular formula is C33H18N4O. The first-order valence-corrected chi connectivity index (χ1v) is 12.2. The standard InChI is InChI=1S/C33H18N4O/c34-16-19-11-26(32-28(13-19)24-5-1-3-7-30(24)36-32)22-9-21(18-38)10-23(15-22)27-12-20(17-35)14-29-25-6-2-4-8-31(25)37-33(27)29/h1-15,18,36-37H. The molecule has 5 nitrogen and oxygen atoms in total. The van der Waals surface area contributed by atoms with Gasteiger partial charge in [0.2, 0.25) is 0 Å². The van der Waals surface area contributed by atoms with Crippen molar-refractivity contribution in [1.82, 2.24) is 9.97 Å². The van der Waals surface area contributed by atoms with Crippen molar-refractivity contribution >= 4 is 49.9 Å². The number of rotatable bonds is 3. The zero-order chi connectivity index (χ0) is 25.8. The summed E-state index contributed by atoms with van der Waals surface area (Å²) < 4.78 is 0. The first-order chi connectivity index (χ1) is 18.7. The van der Waals surface area contributed by atoms with E-state index in [0.29, 0.717) is 16.7 Å². The lowest BCUT2D eigenvalue weighted by molar-refractivity contribution is 0.112. The molecule has 7 rings (SSSR count). The molecule has 0 spiro atoms. The lowest BCUT2D eigenvalue weighted by Gasteiger charge is -2.11. The number of benzene rings is 5. The van der Waals surface area contributed by atoms with Crippen molar-refractivity contribution in [2.75, 3.05) is 0 Å². The molecule has 5 heteroatoms. The van der Waals surface area contributed by atoms with Gasteiger partial charge in [-0.1, -0.05) is 36.4 Å². The summed E-state index contributed by atoms with van der Waals surface area (Å²) >= 11 is 0. The minimum Gasteiger partial charge on any atom is -0.354 e. The highest BCUT2D eigenvalue weighted by Gasteiger charge is 2.16. The first-order valence-electron chi connectivity index (χ1n) is 12.2. The van der Waals surface area contributed by atoms with Crippen LogP contribution in [0.2, 0.25) is 0 Å². The molecule has 5 aromatic carbocycles. The Morgan fingerprint density at radius 3 is 1.50 bits per heavy atom. The van der Waals surface area contributed by atoms with Crippen LogP contribution in [0.5, 0.6) is 0 Å². The van der Waals surface area contributed by atoms with Crippen molar-refractivity contribution in [2.45, 2.75) is 0 Å². The number of nitrogens with one attached hydrogen (secondary N) is 2. The van der Waals surface area contributed by atoms with E-state index < -0.39 is 0 Å². The maximum absolute atomic E-state index is 12.1. The molecule has 0 aliphatic rings. The predicted molar refractivity (Wildman–Crippen MR) is 151 cm³/mol. The van der Waals surface area contributed by atoms with Crippen LogP contribution in [0, 0.1) is 22.7 Å². The highest BCUT2D eigenvalue weighted by Crippen LogP contribution is 2.39. The number of aromatic nitrogens is 2. The molecule has 2 N–H and O–H groups in total. The summed E-state index contributed by atoms with van der Waals surface area (Å²) in [5.41, 5.74) is 8.65. The van der Waals surface area contributed by atoms with Gasteiger partial charge in [0, 0.05) is 49.3 Å².